The van der Waals surface area contributed by atoms with Crippen LogP contribution in [0.15, 0.2) is 24.3 Å². The van der Waals surface area contributed by atoms with Crippen LogP contribution in [0.4, 0.5) is 10.5 Å². The molecule has 11 nitrogen and oxygen atoms in total. The van der Waals surface area contributed by atoms with E-state index < -0.39 is 37.3 Å². The summed E-state index contributed by atoms with van der Waals surface area (Å²) in [5, 5.41) is 14.6. The fourth-order valence-corrected chi connectivity index (χ4v) is 8.93. The maximum atomic E-state index is 13.3. The van der Waals surface area contributed by atoms with E-state index in [4.69, 9.17) is 10.5 Å². The number of nitrogens with one attached hydrogen (secondary N) is 2. The molecule has 0 aromatic heterocycles. The highest BCUT2D eigenvalue weighted by molar-refractivity contribution is 8.59. The average molecular weight is 501 g/mol. The van der Waals surface area contributed by atoms with E-state index in [0.29, 0.717) is 18.5 Å². The molecule has 1 aliphatic rings. The van der Waals surface area contributed by atoms with Crippen molar-refractivity contribution in [3.63, 3.8) is 0 Å². The van der Waals surface area contributed by atoms with Gasteiger partial charge in [0.1, 0.15) is 6.61 Å². The quantitative estimate of drug-likeness (QED) is 0.247. The molecule has 0 radical (unpaired) electrons. The number of primary amides is 1. The second-order valence-electron chi connectivity index (χ2n) is 7.44. The van der Waals surface area contributed by atoms with Crippen molar-refractivity contribution in [2.24, 2.45) is 5.73 Å². The van der Waals surface area contributed by atoms with Gasteiger partial charge in [0.25, 0.3) is 5.69 Å². The zero-order chi connectivity index (χ0) is 24.6. The van der Waals surface area contributed by atoms with Crippen molar-refractivity contribution in [1.29, 1.82) is 0 Å². The number of rotatable bonds is 10. The van der Waals surface area contributed by atoms with Crippen molar-refractivity contribution in [2.45, 2.75) is 43.9 Å². The number of nitro benzene ring substituents is 1. The highest BCUT2D eigenvalue weighted by atomic mass is 32.3. The Labute approximate surface area is 197 Å². The van der Waals surface area contributed by atoms with Crippen molar-refractivity contribution >= 4 is 49.7 Å². The van der Waals surface area contributed by atoms with Crippen LogP contribution < -0.4 is 16.4 Å². The molecular formula is C20H28N4O7S2. The second kappa shape index (κ2) is 12.0. The molecular weight excluding hydrogens is 472 g/mol. The number of thioether (sulfide) groups is 1. The molecule has 182 valence electrons. The summed E-state index contributed by atoms with van der Waals surface area (Å²) in [5.41, 5.74) is 5.52. The van der Waals surface area contributed by atoms with E-state index in [0.717, 1.165) is 18.2 Å². The van der Waals surface area contributed by atoms with Crippen LogP contribution >= 0.6 is 21.8 Å². The summed E-state index contributed by atoms with van der Waals surface area (Å²) in [6.45, 7) is 3.22. The van der Waals surface area contributed by atoms with Gasteiger partial charge in [-0.3, -0.25) is 24.5 Å². The topological polar surface area (TPSA) is 171 Å². The lowest BCUT2D eigenvalue weighted by Crippen LogP contribution is -2.40. The van der Waals surface area contributed by atoms with Gasteiger partial charge < -0.3 is 21.1 Å². The standard InChI is InChI=1S/C20H28N4O7S2/c1-13(19(27)23-10-17(21)26)32-12-33(14(2)25,18-4-3-9-22-18)20(28)31-11-15-5-7-16(8-6-15)24(29)30/h5-8,13,18,22H,3-4,9-12H2,1-2H3,(H2,21,26)(H,23,27)/t13-,18-/m0/s1. The molecule has 1 aromatic carbocycles. The number of hydrogen-bond acceptors (Lipinski definition) is 9. The first-order chi connectivity index (χ1) is 15.6. The Morgan fingerprint density at radius 3 is 2.52 bits per heavy atom. The molecule has 3 atom stereocenters. The largest absolute Gasteiger partial charge is 0.453 e. The van der Waals surface area contributed by atoms with Crippen LogP contribution in [0, 0.1) is 10.1 Å². The van der Waals surface area contributed by atoms with Gasteiger partial charge in [-0.2, -0.15) is 0 Å². The summed E-state index contributed by atoms with van der Waals surface area (Å²) in [7, 11) is -2.65. The van der Waals surface area contributed by atoms with E-state index in [1.807, 2.05) is 0 Å². The number of nitrogens with two attached hydrogens (primary N) is 1. The number of nitrogens with zero attached hydrogens (tertiary/aromatic N) is 1. The predicted octanol–water partition coefficient (Wildman–Crippen LogP) is 1.97. The minimum absolute atomic E-state index is 0.0797. The van der Waals surface area contributed by atoms with Gasteiger partial charge in [0, 0.05) is 24.1 Å². The first-order valence-electron chi connectivity index (χ1n) is 10.2. The summed E-state index contributed by atoms with van der Waals surface area (Å²) in [6.07, 6.45) is 1.44. The second-order valence-corrected chi connectivity index (χ2v) is 12.5. The van der Waals surface area contributed by atoms with E-state index in [1.165, 1.54) is 31.2 Å². The van der Waals surface area contributed by atoms with E-state index in [2.05, 4.69) is 10.6 Å². The van der Waals surface area contributed by atoms with Crippen LogP contribution in [0.2, 0.25) is 0 Å². The molecule has 1 unspecified atom stereocenters. The Bertz CT molecular complexity index is 906. The Balaban J connectivity index is 2.15. The summed E-state index contributed by atoms with van der Waals surface area (Å²) in [5.74, 6) is -1.09. The third-order valence-corrected chi connectivity index (χ3v) is 11.0. The normalized spacial score (nSPS) is 19.0. The summed E-state index contributed by atoms with van der Waals surface area (Å²) in [4.78, 5) is 59.6. The number of amides is 2. The fourth-order valence-electron chi connectivity index (χ4n) is 3.21. The molecule has 0 saturated carbocycles. The highest BCUT2D eigenvalue weighted by Crippen LogP contribution is 2.59. The van der Waals surface area contributed by atoms with Crippen molar-refractivity contribution in [1.82, 2.24) is 10.6 Å². The van der Waals surface area contributed by atoms with Gasteiger partial charge in [-0.1, -0.05) is 10.0 Å². The molecule has 0 bridgehead atoms. The number of carbonyl (C=O) groups excluding carboxylic acids is 4. The van der Waals surface area contributed by atoms with Crippen LogP contribution in [0.3, 0.4) is 0 Å². The van der Waals surface area contributed by atoms with Crippen LogP contribution in [-0.2, 0) is 25.7 Å². The number of ether oxygens (including phenoxy) is 1. The third-order valence-electron chi connectivity index (χ3n) is 5.13. The van der Waals surface area contributed by atoms with Gasteiger partial charge in [-0.25, -0.2) is 4.79 Å². The number of non-ortho nitro benzene ring substituents is 1. The molecule has 2 amide bonds. The summed E-state index contributed by atoms with van der Waals surface area (Å²) >= 11 is 1.15. The fraction of sp³-hybridized carbons (Fsp3) is 0.500. The smallest absolute Gasteiger partial charge is 0.358 e. The number of benzene rings is 1. The molecule has 1 saturated heterocycles. The Hall–Kier alpha value is -2.64. The first kappa shape index (κ1) is 26.6. The van der Waals surface area contributed by atoms with Crippen molar-refractivity contribution in [2.75, 3.05) is 18.2 Å². The van der Waals surface area contributed by atoms with Crippen molar-refractivity contribution in [3.05, 3.63) is 39.9 Å². The highest BCUT2D eigenvalue weighted by Gasteiger charge is 2.47. The van der Waals surface area contributed by atoms with E-state index in [1.54, 1.807) is 6.92 Å². The Kier molecular flexibility index (Phi) is 9.68. The maximum Gasteiger partial charge on any atom is 0.358 e. The molecule has 1 aliphatic heterocycles. The molecule has 2 rings (SSSR count). The number of carbonyl (C=O) groups is 4. The molecule has 13 heteroatoms. The van der Waals surface area contributed by atoms with Crippen LogP contribution in [0.1, 0.15) is 32.3 Å². The molecule has 1 aromatic rings. The van der Waals surface area contributed by atoms with Gasteiger partial charge in [0.05, 0.1) is 22.1 Å². The van der Waals surface area contributed by atoms with E-state index >= 15 is 0 Å². The average Bonchev–Trinajstić information content (AvgIpc) is 3.31. The predicted molar refractivity (Wildman–Crippen MR) is 127 cm³/mol. The van der Waals surface area contributed by atoms with Gasteiger partial charge in [-0.15, -0.1) is 11.8 Å². The summed E-state index contributed by atoms with van der Waals surface area (Å²) < 4.78 is 5.53. The van der Waals surface area contributed by atoms with Crippen LogP contribution in [0.5, 0.6) is 0 Å². The summed E-state index contributed by atoms with van der Waals surface area (Å²) in [6, 6.07) is 5.61. The molecule has 33 heavy (non-hydrogen) atoms. The minimum Gasteiger partial charge on any atom is -0.453 e. The molecule has 1 heterocycles. The van der Waals surface area contributed by atoms with Crippen molar-refractivity contribution in [3.8, 4) is 0 Å². The number of nitro groups is 1. The van der Waals surface area contributed by atoms with Gasteiger partial charge in [-0.05, 0) is 44.0 Å². The lowest BCUT2D eigenvalue weighted by atomic mass is 10.2. The van der Waals surface area contributed by atoms with E-state index in [-0.39, 0.29) is 34.4 Å². The maximum absolute atomic E-state index is 13.3. The molecule has 4 N–H and O–H groups in total. The van der Waals surface area contributed by atoms with E-state index in [9.17, 15) is 29.3 Å². The minimum atomic E-state index is -2.65. The molecule has 1 fully saturated rings. The van der Waals surface area contributed by atoms with Gasteiger partial charge in [0.2, 0.25) is 11.8 Å². The Morgan fingerprint density at radius 2 is 2.00 bits per heavy atom. The monoisotopic (exact) mass is 500 g/mol. The zero-order valence-corrected chi connectivity index (χ0v) is 20.0. The first-order valence-corrected chi connectivity index (χ1v) is 13.1. The lowest BCUT2D eigenvalue weighted by Gasteiger charge is -2.39. The SMILES string of the molecule is CC(=O)S(CS[C@@H](C)C(=O)NCC(N)=O)(C(=O)OCc1ccc([N+](=O)[O-])cc1)[C@H]1CCCN1. The van der Waals surface area contributed by atoms with Crippen LogP contribution in [-0.4, -0.2) is 56.0 Å². The zero-order valence-electron chi connectivity index (χ0n) is 18.4. The lowest BCUT2D eigenvalue weighted by molar-refractivity contribution is -0.384. The van der Waals surface area contributed by atoms with Gasteiger partial charge >= 0.3 is 5.30 Å². The molecule has 0 spiro atoms. The Morgan fingerprint density at radius 1 is 1.33 bits per heavy atom. The third kappa shape index (κ3) is 6.92. The van der Waals surface area contributed by atoms with Crippen LogP contribution in [0.25, 0.3) is 0 Å². The number of hydrogen-bond donors (Lipinski definition) is 3. The molecule has 0 aliphatic carbocycles. The van der Waals surface area contributed by atoms with Crippen molar-refractivity contribution < 1.29 is 28.8 Å². The van der Waals surface area contributed by atoms with Gasteiger partial charge in [0.15, 0.2) is 5.12 Å².